The molecule has 1 amide bonds. The molecule has 1 rings (SSSR count). The first kappa shape index (κ1) is 17.5. The predicted molar refractivity (Wildman–Crippen MR) is 86.1 cm³/mol. The predicted octanol–water partition coefficient (Wildman–Crippen LogP) is 2.25. The minimum absolute atomic E-state index is 0.0758. The van der Waals surface area contributed by atoms with E-state index in [4.69, 9.17) is 16.2 Å². The Labute approximate surface area is 128 Å². The number of primary amides is 1. The summed E-state index contributed by atoms with van der Waals surface area (Å²) in [6, 6.07) is 0. The van der Waals surface area contributed by atoms with Crippen LogP contribution in [0.2, 0.25) is 0 Å². The van der Waals surface area contributed by atoms with Crippen molar-refractivity contribution in [3.63, 3.8) is 0 Å². The van der Waals surface area contributed by atoms with E-state index in [2.05, 4.69) is 5.32 Å². The maximum absolute atomic E-state index is 11.8. The van der Waals surface area contributed by atoms with Crippen molar-refractivity contribution in [3.8, 4) is 0 Å². The average Bonchev–Trinajstić information content (AvgIpc) is 2.78. The topological polar surface area (TPSA) is 107 Å². The minimum Gasteiger partial charge on any atom is -0.397 e. The molecule has 0 bridgehead atoms. The van der Waals surface area contributed by atoms with Gasteiger partial charge in [0.15, 0.2) is 5.78 Å². The Balaban J connectivity index is 2.72. The lowest BCUT2D eigenvalue weighted by atomic mass is 10.1. The van der Waals surface area contributed by atoms with Crippen molar-refractivity contribution in [2.75, 3.05) is 31.3 Å². The standard InChI is InChI=1S/C14H23N3O3S/c1-3-9(18)12-11(15)10(13(16)19)14(21-12)17-7-5-4-6-8-20-2/h17H,3-8,15H2,1-2H3,(H2,16,19). The molecule has 1 aromatic rings. The number of hydrogen-bond acceptors (Lipinski definition) is 6. The minimum atomic E-state index is -0.610. The highest BCUT2D eigenvalue weighted by Crippen LogP contribution is 2.36. The normalized spacial score (nSPS) is 10.6. The van der Waals surface area contributed by atoms with Crippen LogP contribution in [-0.4, -0.2) is 32.0 Å². The van der Waals surface area contributed by atoms with E-state index in [0.717, 1.165) is 25.9 Å². The molecule has 1 heterocycles. The van der Waals surface area contributed by atoms with Gasteiger partial charge in [-0.25, -0.2) is 0 Å². The number of carbonyl (C=O) groups is 2. The van der Waals surface area contributed by atoms with Crippen molar-refractivity contribution >= 4 is 33.7 Å². The number of amides is 1. The lowest BCUT2D eigenvalue weighted by molar-refractivity contribution is 0.0991. The summed E-state index contributed by atoms with van der Waals surface area (Å²) >= 11 is 1.20. The maximum atomic E-state index is 11.8. The van der Waals surface area contributed by atoms with Gasteiger partial charge in [-0.15, -0.1) is 11.3 Å². The summed E-state index contributed by atoms with van der Waals surface area (Å²) in [5.74, 6) is -0.686. The fourth-order valence-corrected chi connectivity index (χ4v) is 3.09. The van der Waals surface area contributed by atoms with Gasteiger partial charge in [0, 0.05) is 26.7 Å². The zero-order valence-electron chi connectivity index (χ0n) is 12.5. The van der Waals surface area contributed by atoms with Gasteiger partial charge in [0.25, 0.3) is 5.91 Å². The van der Waals surface area contributed by atoms with Gasteiger partial charge in [0.05, 0.1) is 16.1 Å². The highest BCUT2D eigenvalue weighted by atomic mass is 32.1. The third kappa shape index (κ3) is 4.71. The van der Waals surface area contributed by atoms with E-state index in [1.807, 2.05) is 0 Å². The van der Waals surface area contributed by atoms with Gasteiger partial charge in [-0.1, -0.05) is 6.92 Å². The van der Waals surface area contributed by atoms with Crippen LogP contribution in [0.25, 0.3) is 0 Å². The summed E-state index contributed by atoms with van der Waals surface area (Å²) < 4.78 is 4.98. The van der Waals surface area contributed by atoms with Crippen molar-refractivity contribution < 1.29 is 14.3 Å². The molecule has 0 saturated carbocycles. The third-order valence-electron chi connectivity index (χ3n) is 3.08. The number of anilines is 2. The van der Waals surface area contributed by atoms with Crippen molar-refractivity contribution in [1.82, 2.24) is 0 Å². The molecular weight excluding hydrogens is 290 g/mol. The van der Waals surface area contributed by atoms with Gasteiger partial charge in [-0.2, -0.15) is 0 Å². The number of unbranched alkanes of at least 4 members (excludes halogenated alkanes) is 2. The van der Waals surface area contributed by atoms with Crippen molar-refractivity contribution in [1.29, 1.82) is 0 Å². The largest absolute Gasteiger partial charge is 0.397 e. The molecule has 0 unspecified atom stereocenters. The van der Waals surface area contributed by atoms with Crippen LogP contribution in [0.5, 0.6) is 0 Å². The second kappa shape index (κ2) is 8.63. The van der Waals surface area contributed by atoms with Gasteiger partial charge in [-0.3, -0.25) is 9.59 Å². The summed E-state index contributed by atoms with van der Waals surface area (Å²) in [4.78, 5) is 23.7. The fourth-order valence-electron chi connectivity index (χ4n) is 1.93. The number of methoxy groups -OCH3 is 1. The Morgan fingerprint density at radius 3 is 2.57 bits per heavy atom. The van der Waals surface area contributed by atoms with Gasteiger partial charge >= 0.3 is 0 Å². The van der Waals surface area contributed by atoms with Gasteiger partial charge in [-0.05, 0) is 19.3 Å². The van der Waals surface area contributed by atoms with Crippen LogP contribution in [0.15, 0.2) is 0 Å². The maximum Gasteiger partial charge on any atom is 0.253 e. The second-order valence-corrected chi connectivity index (χ2v) is 5.69. The number of carbonyl (C=O) groups excluding carboxylic acids is 2. The summed E-state index contributed by atoms with van der Waals surface area (Å²) in [7, 11) is 1.68. The average molecular weight is 313 g/mol. The second-order valence-electron chi connectivity index (χ2n) is 4.67. The van der Waals surface area contributed by atoms with Crippen LogP contribution in [0.3, 0.4) is 0 Å². The summed E-state index contributed by atoms with van der Waals surface area (Å²) in [5, 5.41) is 3.74. The number of thiophene rings is 1. The van der Waals surface area contributed by atoms with Crippen molar-refractivity contribution in [2.45, 2.75) is 32.6 Å². The van der Waals surface area contributed by atoms with E-state index in [9.17, 15) is 9.59 Å². The summed E-state index contributed by atoms with van der Waals surface area (Å²) in [6.07, 6.45) is 3.30. The molecule has 21 heavy (non-hydrogen) atoms. The van der Waals surface area contributed by atoms with Gasteiger partial charge in [0.1, 0.15) is 5.00 Å². The first-order chi connectivity index (χ1) is 10.0. The summed E-state index contributed by atoms with van der Waals surface area (Å²) in [6.45, 7) is 3.20. The molecule has 0 aliphatic carbocycles. The molecule has 0 spiro atoms. The molecule has 0 aliphatic heterocycles. The quantitative estimate of drug-likeness (QED) is 0.453. The van der Waals surface area contributed by atoms with E-state index in [-0.39, 0.29) is 17.0 Å². The molecule has 5 N–H and O–H groups in total. The zero-order chi connectivity index (χ0) is 15.8. The van der Waals surface area contributed by atoms with Crippen LogP contribution in [0.1, 0.15) is 52.6 Å². The number of rotatable bonds is 10. The number of Topliss-reactive ketones (excluding diaryl/α,β-unsaturated/α-hetero) is 1. The molecule has 7 heteroatoms. The number of nitrogen functional groups attached to an aromatic ring is 1. The Morgan fingerprint density at radius 1 is 1.29 bits per heavy atom. The zero-order valence-corrected chi connectivity index (χ0v) is 13.3. The molecule has 1 aromatic heterocycles. The monoisotopic (exact) mass is 313 g/mol. The smallest absolute Gasteiger partial charge is 0.253 e. The van der Waals surface area contributed by atoms with Crippen LogP contribution in [0, 0.1) is 0 Å². The Morgan fingerprint density at radius 2 is 2.00 bits per heavy atom. The van der Waals surface area contributed by atoms with Crippen LogP contribution >= 0.6 is 11.3 Å². The number of nitrogens with two attached hydrogens (primary N) is 2. The fraction of sp³-hybridized carbons (Fsp3) is 0.571. The number of ether oxygens (including phenoxy) is 1. The first-order valence-electron chi connectivity index (χ1n) is 7.00. The van der Waals surface area contributed by atoms with E-state index in [0.29, 0.717) is 22.8 Å². The van der Waals surface area contributed by atoms with E-state index < -0.39 is 5.91 Å². The van der Waals surface area contributed by atoms with E-state index in [1.54, 1.807) is 14.0 Å². The number of hydrogen-bond donors (Lipinski definition) is 3. The first-order valence-corrected chi connectivity index (χ1v) is 7.82. The Bertz CT molecular complexity index is 500. The highest BCUT2D eigenvalue weighted by molar-refractivity contribution is 7.19. The van der Waals surface area contributed by atoms with Crippen LogP contribution < -0.4 is 16.8 Å². The molecule has 0 radical (unpaired) electrons. The molecule has 6 nitrogen and oxygen atoms in total. The van der Waals surface area contributed by atoms with E-state index >= 15 is 0 Å². The lowest BCUT2D eigenvalue weighted by Gasteiger charge is -2.05. The van der Waals surface area contributed by atoms with Crippen LogP contribution in [0.4, 0.5) is 10.7 Å². The van der Waals surface area contributed by atoms with Gasteiger partial charge in [0.2, 0.25) is 0 Å². The third-order valence-corrected chi connectivity index (χ3v) is 4.28. The molecule has 0 aromatic carbocycles. The molecule has 0 aliphatic rings. The molecule has 118 valence electrons. The Hall–Kier alpha value is -1.60. The SMILES string of the molecule is CCC(=O)c1sc(NCCCCCOC)c(C(N)=O)c1N. The highest BCUT2D eigenvalue weighted by Gasteiger charge is 2.23. The Kier molecular flexibility index (Phi) is 7.18. The molecule has 0 atom stereocenters. The van der Waals surface area contributed by atoms with Gasteiger partial charge < -0.3 is 21.5 Å². The van der Waals surface area contributed by atoms with E-state index in [1.165, 1.54) is 11.3 Å². The summed E-state index contributed by atoms with van der Waals surface area (Å²) in [5.41, 5.74) is 11.7. The lowest BCUT2D eigenvalue weighted by Crippen LogP contribution is -2.15. The van der Waals surface area contributed by atoms with Crippen LogP contribution in [-0.2, 0) is 4.74 Å². The molecular formula is C14H23N3O3S. The molecule has 0 fully saturated rings. The molecule has 0 saturated heterocycles. The number of nitrogens with one attached hydrogen (secondary N) is 1. The van der Waals surface area contributed by atoms with Crippen molar-refractivity contribution in [3.05, 3.63) is 10.4 Å². The van der Waals surface area contributed by atoms with Crippen molar-refractivity contribution in [2.24, 2.45) is 5.73 Å². The number of ketones is 1.